The van der Waals surface area contributed by atoms with Gasteiger partial charge in [-0.1, -0.05) is 31.5 Å². The number of hydrogen-bond acceptors (Lipinski definition) is 3. The number of para-hydroxylation sites is 1. The van der Waals surface area contributed by atoms with Gasteiger partial charge in [-0.2, -0.15) is 0 Å². The van der Waals surface area contributed by atoms with Crippen LogP contribution in [-0.2, 0) is 0 Å². The Balaban J connectivity index is 1.81. The van der Waals surface area contributed by atoms with E-state index < -0.39 is 0 Å². The molecule has 0 aliphatic rings. The lowest BCUT2D eigenvalue weighted by Gasteiger charge is -2.07. The van der Waals surface area contributed by atoms with Crippen LogP contribution in [0.4, 0.5) is 0 Å². The quantitative estimate of drug-likeness (QED) is 0.760. The zero-order valence-corrected chi connectivity index (χ0v) is 10.9. The molecule has 0 amide bonds. The number of hydrogen-bond donors (Lipinski definition) is 1. The zero-order chi connectivity index (χ0) is 12.6. The highest BCUT2D eigenvalue weighted by molar-refractivity contribution is 5.79. The molecule has 1 N–H and O–H groups in total. The molecule has 0 unspecified atom stereocenters. The second-order valence-corrected chi connectivity index (χ2v) is 4.32. The number of nitrogens with one attached hydrogen (secondary N) is 1. The van der Waals surface area contributed by atoms with E-state index in [1.54, 1.807) is 6.20 Å². The summed E-state index contributed by atoms with van der Waals surface area (Å²) in [6.07, 6.45) is 4.23. The highest BCUT2D eigenvalue weighted by Crippen LogP contribution is 2.17. The molecule has 1 aromatic heterocycles. The first kappa shape index (κ1) is 12.8. The molecule has 2 aromatic rings. The number of benzene rings is 1. The summed E-state index contributed by atoms with van der Waals surface area (Å²) >= 11 is 0. The lowest BCUT2D eigenvalue weighted by molar-refractivity contribution is 0.313. The number of ether oxygens (including phenoxy) is 1. The van der Waals surface area contributed by atoms with E-state index in [4.69, 9.17) is 4.74 Å². The van der Waals surface area contributed by atoms with Crippen LogP contribution in [0.15, 0.2) is 36.5 Å². The monoisotopic (exact) mass is 244 g/mol. The van der Waals surface area contributed by atoms with E-state index in [1.165, 1.54) is 12.8 Å². The fourth-order valence-corrected chi connectivity index (χ4v) is 1.80. The SMILES string of the molecule is CCCCNCCOc1cnc2ccccc2c1. The molecule has 0 saturated carbocycles. The average molecular weight is 244 g/mol. The van der Waals surface area contributed by atoms with Gasteiger partial charge < -0.3 is 10.1 Å². The summed E-state index contributed by atoms with van der Waals surface area (Å²) in [4.78, 5) is 4.36. The third-order valence-electron chi connectivity index (χ3n) is 2.82. The van der Waals surface area contributed by atoms with Gasteiger partial charge in [-0.25, -0.2) is 0 Å². The van der Waals surface area contributed by atoms with Gasteiger partial charge in [0, 0.05) is 11.9 Å². The molecule has 18 heavy (non-hydrogen) atoms. The summed E-state index contributed by atoms with van der Waals surface area (Å²) < 4.78 is 5.67. The Morgan fingerprint density at radius 1 is 1.22 bits per heavy atom. The molecular formula is C15H20N2O. The Morgan fingerprint density at radius 2 is 2.11 bits per heavy atom. The molecule has 0 aliphatic heterocycles. The summed E-state index contributed by atoms with van der Waals surface area (Å²) in [6.45, 7) is 4.82. The molecule has 0 radical (unpaired) electrons. The average Bonchev–Trinajstić information content (AvgIpc) is 2.42. The molecule has 0 spiro atoms. The highest BCUT2D eigenvalue weighted by Gasteiger charge is 1.97. The van der Waals surface area contributed by atoms with E-state index in [-0.39, 0.29) is 0 Å². The molecule has 0 saturated heterocycles. The molecule has 1 aromatic carbocycles. The first-order valence-electron chi connectivity index (χ1n) is 6.58. The summed E-state index contributed by atoms with van der Waals surface area (Å²) in [5.41, 5.74) is 1.01. The van der Waals surface area contributed by atoms with Crippen LogP contribution >= 0.6 is 0 Å². The maximum Gasteiger partial charge on any atom is 0.138 e. The topological polar surface area (TPSA) is 34.1 Å². The van der Waals surface area contributed by atoms with Crippen molar-refractivity contribution in [2.24, 2.45) is 0 Å². The van der Waals surface area contributed by atoms with E-state index in [9.17, 15) is 0 Å². The van der Waals surface area contributed by atoms with E-state index in [0.717, 1.165) is 29.7 Å². The van der Waals surface area contributed by atoms with E-state index in [0.29, 0.717) is 6.61 Å². The third-order valence-corrected chi connectivity index (χ3v) is 2.82. The van der Waals surface area contributed by atoms with Crippen molar-refractivity contribution < 1.29 is 4.74 Å². The van der Waals surface area contributed by atoms with Crippen LogP contribution in [0.5, 0.6) is 5.75 Å². The van der Waals surface area contributed by atoms with E-state index in [1.807, 2.05) is 24.3 Å². The van der Waals surface area contributed by atoms with Crippen LogP contribution in [0.2, 0.25) is 0 Å². The van der Waals surface area contributed by atoms with Gasteiger partial charge in [0.05, 0.1) is 11.7 Å². The van der Waals surface area contributed by atoms with Crippen molar-refractivity contribution in [1.29, 1.82) is 0 Å². The third kappa shape index (κ3) is 3.70. The Bertz CT molecular complexity index is 485. The van der Waals surface area contributed by atoms with Gasteiger partial charge in [-0.05, 0) is 25.1 Å². The second kappa shape index (κ2) is 6.97. The van der Waals surface area contributed by atoms with Crippen molar-refractivity contribution in [2.45, 2.75) is 19.8 Å². The van der Waals surface area contributed by atoms with E-state index >= 15 is 0 Å². The number of fused-ring (bicyclic) bond motifs is 1. The Labute approximate surface area is 108 Å². The molecule has 1 heterocycles. The molecule has 96 valence electrons. The summed E-state index contributed by atoms with van der Waals surface area (Å²) in [6, 6.07) is 10.1. The zero-order valence-electron chi connectivity index (χ0n) is 10.9. The molecule has 3 nitrogen and oxygen atoms in total. The van der Waals surface area contributed by atoms with Crippen LogP contribution in [0, 0.1) is 0 Å². The van der Waals surface area contributed by atoms with Crippen LogP contribution in [-0.4, -0.2) is 24.7 Å². The summed E-state index contributed by atoms with van der Waals surface area (Å²) in [5.74, 6) is 0.839. The van der Waals surface area contributed by atoms with Crippen molar-refractivity contribution in [3.63, 3.8) is 0 Å². The maximum atomic E-state index is 5.67. The lowest BCUT2D eigenvalue weighted by Crippen LogP contribution is -2.21. The summed E-state index contributed by atoms with van der Waals surface area (Å²) in [7, 11) is 0. The number of pyridine rings is 1. The molecule has 3 heteroatoms. The van der Waals surface area contributed by atoms with Gasteiger partial charge in [0.1, 0.15) is 12.4 Å². The first-order valence-corrected chi connectivity index (χ1v) is 6.58. The minimum absolute atomic E-state index is 0.684. The molecule has 2 rings (SSSR count). The maximum absolute atomic E-state index is 5.67. The van der Waals surface area contributed by atoms with Gasteiger partial charge in [-0.15, -0.1) is 0 Å². The van der Waals surface area contributed by atoms with Crippen molar-refractivity contribution in [3.8, 4) is 5.75 Å². The van der Waals surface area contributed by atoms with Crippen LogP contribution in [0.25, 0.3) is 10.9 Å². The number of rotatable bonds is 7. The molecule has 0 aliphatic carbocycles. The minimum atomic E-state index is 0.684. The van der Waals surface area contributed by atoms with Gasteiger partial charge in [0.2, 0.25) is 0 Å². The highest BCUT2D eigenvalue weighted by atomic mass is 16.5. The van der Waals surface area contributed by atoms with Crippen LogP contribution in [0.3, 0.4) is 0 Å². The van der Waals surface area contributed by atoms with Crippen LogP contribution in [0.1, 0.15) is 19.8 Å². The molecule has 0 atom stereocenters. The first-order chi connectivity index (χ1) is 8.90. The predicted octanol–water partition coefficient (Wildman–Crippen LogP) is 3.00. The Kier molecular flexibility index (Phi) is 4.97. The molecule has 0 bridgehead atoms. The minimum Gasteiger partial charge on any atom is -0.491 e. The second-order valence-electron chi connectivity index (χ2n) is 4.32. The predicted molar refractivity (Wildman–Crippen MR) is 75.0 cm³/mol. The lowest BCUT2D eigenvalue weighted by atomic mass is 10.2. The number of nitrogens with zero attached hydrogens (tertiary/aromatic N) is 1. The normalized spacial score (nSPS) is 10.7. The smallest absolute Gasteiger partial charge is 0.138 e. The van der Waals surface area contributed by atoms with Crippen molar-refractivity contribution in [2.75, 3.05) is 19.7 Å². The molecule has 0 fully saturated rings. The fraction of sp³-hybridized carbons (Fsp3) is 0.400. The van der Waals surface area contributed by atoms with Crippen molar-refractivity contribution in [3.05, 3.63) is 36.5 Å². The standard InChI is InChI=1S/C15H20N2O/c1-2-3-8-16-9-10-18-14-11-13-6-4-5-7-15(13)17-12-14/h4-7,11-12,16H,2-3,8-10H2,1H3. The number of unbranched alkanes of at least 4 members (excludes halogenated alkanes) is 1. The van der Waals surface area contributed by atoms with Gasteiger partial charge in [0.15, 0.2) is 0 Å². The van der Waals surface area contributed by atoms with Gasteiger partial charge in [-0.3, -0.25) is 4.98 Å². The summed E-state index contributed by atoms with van der Waals surface area (Å²) in [5, 5.41) is 4.47. The van der Waals surface area contributed by atoms with E-state index in [2.05, 4.69) is 23.3 Å². The fourth-order valence-electron chi connectivity index (χ4n) is 1.80. The van der Waals surface area contributed by atoms with Crippen molar-refractivity contribution in [1.82, 2.24) is 10.3 Å². The Morgan fingerprint density at radius 3 is 3.00 bits per heavy atom. The molecular weight excluding hydrogens is 224 g/mol. The number of aromatic nitrogens is 1. The van der Waals surface area contributed by atoms with Gasteiger partial charge >= 0.3 is 0 Å². The van der Waals surface area contributed by atoms with Gasteiger partial charge in [0.25, 0.3) is 0 Å². The van der Waals surface area contributed by atoms with Crippen LogP contribution < -0.4 is 10.1 Å². The van der Waals surface area contributed by atoms with Crippen molar-refractivity contribution >= 4 is 10.9 Å². The Hall–Kier alpha value is -1.61. The largest absolute Gasteiger partial charge is 0.491 e.